The SMILES string of the molecule is CC(CCCC(F)(F)F)NCCc1cccc(F)c1. The Labute approximate surface area is 111 Å². The van der Waals surface area contributed by atoms with Crippen LogP contribution in [-0.2, 0) is 6.42 Å². The average Bonchev–Trinajstić information content (AvgIpc) is 2.27. The van der Waals surface area contributed by atoms with Crippen LogP contribution in [0.15, 0.2) is 24.3 Å². The molecule has 0 saturated carbocycles. The number of hydrogen-bond donors (Lipinski definition) is 1. The van der Waals surface area contributed by atoms with Crippen molar-refractivity contribution in [3.8, 4) is 0 Å². The summed E-state index contributed by atoms with van der Waals surface area (Å²) in [6.07, 6.45) is -3.51. The van der Waals surface area contributed by atoms with E-state index in [9.17, 15) is 17.6 Å². The molecule has 0 aliphatic rings. The van der Waals surface area contributed by atoms with Crippen LogP contribution in [0, 0.1) is 5.82 Å². The first kappa shape index (κ1) is 16.0. The molecular formula is C14H19F4N. The zero-order valence-corrected chi connectivity index (χ0v) is 10.9. The molecule has 0 bridgehead atoms. The molecule has 0 aliphatic carbocycles. The molecule has 0 fully saturated rings. The molecule has 1 atom stereocenters. The molecule has 108 valence electrons. The van der Waals surface area contributed by atoms with Crippen molar-refractivity contribution in [3.05, 3.63) is 35.6 Å². The van der Waals surface area contributed by atoms with Crippen molar-refractivity contribution in [3.63, 3.8) is 0 Å². The molecule has 0 aliphatic heterocycles. The largest absolute Gasteiger partial charge is 0.389 e. The van der Waals surface area contributed by atoms with E-state index in [0.717, 1.165) is 5.56 Å². The monoisotopic (exact) mass is 277 g/mol. The van der Waals surface area contributed by atoms with Gasteiger partial charge in [0.1, 0.15) is 5.82 Å². The van der Waals surface area contributed by atoms with E-state index in [1.165, 1.54) is 12.1 Å². The minimum Gasteiger partial charge on any atom is -0.314 e. The smallest absolute Gasteiger partial charge is 0.314 e. The van der Waals surface area contributed by atoms with Gasteiger partial charge in [-0.2, -0.15) is 13.2 Å². The zero-order chi connectivity index (χ0) is 14.3. The fourth-order valence-corrected chi connectivity index (χ4v) is 1.87. The minimum atomic E-state index is -4.07. The molecule has 0 heterocycles. The molecule has 0 spiro atoms. The summed E-state index contributed by atoms with van der Waals surface area (Å²) in [4.78, 5) is 0. The minimum absolute atomic E-state index is 0.0379. The average molecular weight is 277 g/mol. The Hall–Kier alpha value is -1.10. The summed E-state index contributed by atoms with van der Waals surface area (Å²) in [5.41, 5.74) is 0.884. The predicted molar refractivity (Wildman–Crippen MR) is 67.5 cm³/mol. The molecular weight excluding hydrogens is 258 g/mol. The van der Waals surface area contributed by atoms with Gasteiger partial charge in [-0.25, -0.2) is 4.39 Å². The molecule has 0 saturated heterocycles. The first-order chi connectivity index (χ1) is 8.87. The van der Waals surface area contributed by atoms with Crippen molar-refractivity contribution >= 4 is 0 Å². The topological polar surface area (TPSA) is 12.0 Å². The van der Waals surface area contributed by atoms with Crippen LogP contribution in [-0.4, -0.2) is 18.8 Å². The van der Waals surface area contributed by atoms with Crippen LogP contribution in [0.3, 0.4) is 0 Å². The summed E-state index contributed by atoms with van der Waals surface area (Å²) >= 11 is 0. The molecule has 1 unspecified atom stereocenters. The summed E-state index contributed by atoms with van der Waals surface area (Å²) in [6, 6.07) is 6.37. The van der Waals surface area contributed by atoms with Crippen LogP contribution >= 0.6 is 0 Å². The maximum atomic E-state index is 12.9. The Morgan fingerprint density at radius 1 is 1.26 bits per heavy atom. The number of alkyl halides is 3. The van der Waals surface area contributed by atoms with Gasteiger partial charge in [-0.1, -0.05) is 12.1 Å². The predicted octanol–water partition coefficient (Wildman–Crippen LogP) is 4.08. The van der Waals surface area contributed by atoms with E-state index in [4.69, 9.17) is 0 Å². The molecule has 0 amide bonds. The standard InChI is InChI=1S/C14H19F4N/c1-11(4-3-8-14(16,17)18)19-9-7-12-5-2-6-13(15)10-12/h2,5-6,10-11,19H,3-4,7-9H2,1H3. The summed E-state index contributed by atoms with van der Waals surface area (Å²) in [7, 11) is 0. The fraction of sp³-hybridized carbons (Fsp3) is 0.571. The highest BCUT2D eigenvalue weighted by Crippen LogP contribution is 2.22. The lowest BCUT2D eigenvalue weighted by Gasteiger charge is -2.14. The molecule has 1 rings (SSSR count). The van der Waals surface area contributed by atoms with E-state index in [2.05, 4.69) is 5.32 Å². The van der Waals surface area contributed by atoms with Gasteiger partial charge in [0.25, 0.3) is 0 Å². The van der Waals surface area contributed by atoms with Crippen molar-refractivity contribution in [1.82, 2.24) is 5.32 Å². The van der Waals surface area contributed by atoms with Crippen LogP contribution in [0.1, 0.15) is 31.7 Å². The van der Waals surface area contributed by atoms with Crippen molar-refractivity contribution < 1.29 is 17.6 Å². The third kappa shape index (κ3) is 7.82. The fourth-order valence-electron chi connectivity index (χ4n) is 1.87. The Morgan fingerprint density at radius 3 is 2.63 bits per heavy atom. The highest BCUT2D eigenvalue weighted by atomic mass is 19.4. The lowest BCUT2D eigenvalue weighted by molar-refractivity contribution is -0.135. The van der Waals surface area contributed by atoms with Gasteiger partial charge >= 0.3 is 6.18 Å². The van der Waals surface area contributed by atoms with Gasteiger partial charge in [0, 0.05) is 12.5 Å². The van der Waals surface area contributed by atoms with E-state index in [1.54, 1.807) is 6.07 Å². The van der Waals surface area contributed by atoms with Gasteiger partial charge < -0.3 is 5.32 Å². The molecule has 1 nitrogen and oxygen atoms in total. The Bertz CT molecular complexity index is 376. The second-order valence-corrected chi connectivity index (χ2v) is 4.74. The molecule has 5 heteroatoms. The number of hydrogen-bond acceptors (Lipinski definition) is 1. The van der Waals surface area contributed by atoms with Crippen molar-refractivity contribution in [2.75, 3.05) is 6.54 Å². The Balaban J connectivity index is 2.15. The molecule has 0 aromatic heterocycles. The third-order valence-electron chi connectivity index (χ3n) is 2.89. The summed E-state index contributed by atoms with van der Waals surface area (Å²) in [6.45, 7) is 2.50. The number of rotatable bonds is 7. The highest BCUT2D eigenvalue weighted by Gasteiger charge is 2.26. The van der Waals surface area contributed by atoms with E-state index in [1.807, 2.05) is 13.0 Å². The van der Waals surface area contributed by atoms with Gasteiger partial charge in [0.2, 0.25) is 0 Å². The second kappa shape index (κ2) is 7.48. The van der Waals surface area contributed by atoms with Crippen LogP contribution in [0.25, 0.3) is 0 Å². The zero-order valence-electron chi connectivity index (χ0n) is 10.9. The van der Waals surface area contributed by atoms with Crippen LogP contribution in [0.4, 0.5) is 17.6 Å². The maximum Gasteiger partial charge on any atom is 0.389 e. The van der Waals surface area contributed by atoms with Gasteiger partial charge in [0.15, 0.2) is 0 Å². The molecule has 1 aromatic carbocycles. The van der Waals surface area contributed by atoms with Gasteiger partial charge in [-0.05, 0) is 50.4 Å². The van der Waals surface area contributed by atoms with Crippen LogP contribution in [0.5, 0.6) is 0 Å². The molecule has 19 heavy (non-hydrogen) atoms. The normalized spacial score (nSPS) is 13.5. The first-order valence-corrected chi connectivity index (χ1v) is 6.41. The van der Waals surface area contributed by atoms with Crippen LogP contribution in [0.2, 0.25) is 0 Å². The molecule has 1 N–H and O–H groups in total. The second-order valence-electron chi connectivity index (χ2n) is 4.74. The van der Waals surface area contributed by atoms with E-state index >= 15 is 0 Å². The van der Waals surface area contributed by atoms with Crippen molar-refractivity contribution in [1.29, 1.82) is 0 Å². The first-order valence-electron chi connectivity index (χ1n) is 6.41. The number of halogens is 4. The number of nitrogens with one attached hydrogen (secondary N) is 1. The van der Waals surface area contributed by atoms with E-state index in [-0.39, 0.29) is 18.3 Å². The van der Waals surface area contributed by atoms with Crippen LogP contribution < -0.4 is 5.32 Å². The summed E-state index contributed by atoms with van der Waals surface area (Å²) < 4.78 is 48.8. The Kier molecular flexibility index (Phi) is 6.28. The summed E-state index contributed by atoms with van der Waals surface area (Å²) in [5, 5.41) is 3.15. The maximum absolute atomic E-state index is 12.9. The van der Waals surface area contributed by atoms with E-state index in [0.29, 0.717) is 19.4 Å². The quantitative estimate of drug-likeness (QED) is 0.740. The molecule has 1 aromatic rings. The summed E-state index contributed by atoms with van der Waals surface area (Å²) in [5.74, 6) is -0.268. The lowest BCUT2D eigenvalue weighted by atomic mass is 10.1. The Morgan fingerprint density at radius 2 is 2.00 bits per heavy atom. The van der Waals surface area contributed by atoms with Gasteiger partial charge in [-0.3, -0.25) is 0 Å². The van der Waals surface area contributed by atoms with Gasteiger partial charge in [-0.15, -0.1) is 0 Å². The van der Waals surface area contributed by atoms with Crippen molar-refractivity contribution in [2.24, 2.45) is 0 Å². The van der Waals surface area contributed by atoms with E-state index < -0.39 is 12.6 Å². The molecule has 0 radical (unpaired) electrons. The third-order valence-corrected chi connectivity index (χ3v) is 2.89. The van der Waals surface area contributed by atoms with Gasteiger partial charge in [0.05, 0.1) is 0 Å². The lowest BCUT2D eigenvalue weighted by Crippen LogP contribution is -2.28. The van der Waals surface area contributed by atoms with Crippen molar-refractivity contribution in [2.45, 2.75) is 44.8 Å². The highest BCUT2D eigenvalue weighted by molar-refractivity contribution is 5.16. The number of benzene rings is 1.